The van der Waals surface area contributed by atoms with Crippen molar-refractivity contribution >= 4 is 15.9 Å². The van der Waals surface area contributed by atoms with Gasteiger partial charge in [-0.3, -0.25) is 0 Å². The lowest BCUT2D eigenvalue weighted by atomic mass is 10.2. The summed E-state index contributed by atoms with van der Waals surface area (Å²) in [5.41, 5.74) is 1.22. The standard InChI is InChI=1S/C16H17BrO2/c1-2-11-18-15-5-3-4-6-16(15)19-14-9-7-13(12-17)8-10-14/h3-10H,2,11-12H2,1H3. The monoisotopic (exact) mass is 320 g/mol. The quantitative estimate of drug-likeness (QED) is 0.684. The number of hydrogen-bond acceptors (Lipinski definition) is 2. The number of halogens is 1. The van der Waals surface area contributed by atoms with Crippen LogP contribution >= 0.6 is 15.9 Å². The molecule has 2 aromatic rings. The predicted octanol–water partition coefficient (Wildman–Crippen LogP) is 5.16. The van der Waals surface area contributed by atoms with Crippen LogP contribution in [0.3, 0.4) is 0 Å². The Morgan fingerprint density at radius 2 is 1.63 bits per heavy atom. The number of rotatable bonds is 6. The van der Waals surface area contributed by atoms with Crippen LogP contribution in [0.2, 0.25) is 0 Å². The van der Waals surface area contributed by atoms with Crippen molar-refractivity contribution in [2.45, 2.75) is 18.7 Å². The highest BCUT2D eigenvalue weighted by Gasteiger charge is 2.05. The van der Waals surface area contributed by atoms with Crippen molar-refractivity contribution in [2.24, 2.45) is 0 Å². The Balaban J connectivity index is 2.12. The molecule has 2 rings (SSSR count). The van der Waals surface area contributed by atoms with Gasteiger partial charge in [0.25, 0.3) is 0 Å². The molecule has 100 valence electrons. The fourth-order valence-corrected chi connectivity index (χ4v) is 2.01. The molecule has 0 amide bonds. The highest BCUT2D eigenvalue weighted by atomic mass is 79.9. The molecule has 0 aliphatic heterocycles. The van der Waals surface area contributed by atoms with E-state index in [0.29, 0.717) is 6.61 Å². The first kappa shape index (κ1) is 13.9. The highest BCUT2D eigenvalue weighted by molar-refractivity contribution is 9.08. The maximum atomic E-state index is 5.87. The molecule has 0 atom stereocenters. The minimum atomic E-state index is 0.697. The van der Waals surface area contributed by atoms with Gasteiger partial charge < -0.3 is 9.47 Å². The summed E-state index contributed by atoms with van der Waals surface area (Å²) in [5, 5.41) is 0.851. The maximum absolute atomic E-state index is 5.87. The van der Waals surface area contributed by atoms with E-state index < -0.39 is 0 Å². The first-order valence-electron chi connectivity index (χ1n) is 6.38. The first-order chi connectivity index (χ1) is 9.33. The van der Waals surface area contributed by atoms with E-state index in [-0.39, 0.29) is 0 Å². The molecular formula is C16H17BrO2. The Morgan fingerprint density at radius 3 is 2.26 bits per heavy atom. The zero-order valence-electron chi connectivity index (χ0n) is 10.9. The fourth-order valence-electron chi connectivity index (χ4n) is 1.64. The van der Waals surface area contributed by atoms with Crippen molar-refractivity contribution in [1.29, 1.82) is 0 Å². The average Bonchev–Trinajstić information content (AvgIpc) is 2.47. The lowest BCUT2D eigenvalue weighted by molar-refractivity contribution is 0.302. The molecule has 2 aromatic carbocycles. The van der Waals surface area contributed by atoms with E-state index in [4.69, 9.17) is 9.47 Å². The Morgan fingerprint density at radius 1 is 0.947 bits per heavy atom. The van der Waals surface area contributed by atoms with E-state index in [2.05, 4.69) is 22.9 Å². The third-order valence-electron chi connectivity index (χ3n) is 2.62. The summed E-state index contributed by atoms with van der Waals surface area (Å²) in [6.45, 7) is 2.78. The van der Waals surface area contributed by atoms with Crippen molar-refractivity contribution in [1.82, 2.24) is 0 Å². The number of ether oxygens (including phenoxy) is 2. The van der Waals surface area contributed by atoms with E-state index in [9.17, 15) is 0 Å². The molecule has 0 N–H and O–H groups in total. The van der Waals surface area contributed by atoms with Gasteiger partial charge >= 0.3 is 0 Å². The van der Waals surface area contributed by atoms with E-state index in [0.717, 1.165) is 29.0 Å². The van der Waals surface area contributed by atoms with Gasteiger partial charge in [-0.05, 0) is 36.2 Å². The van der Waals surface area contributed by atoms with Gasteiger partial charge in [0.15, 0.2) is 11.5 Å². The van der Waals surface area contributed by atoms with Gasteiger partial charge in [0.1, 0.15) is 5.75 Å². The molecule has 0 aliphatic carbocycles. The van der Waals surface area contributed by atoms with Crippen molar-refractivity contribution in [3.63, 3.8) is 0 Å². The van der Waals surface area contributed by atoms with Crippen molar-refractivity contribution in [2.75, 3.05) is 6.61 Å². The molecule has 0 unspecified atom stereocenters. The van der Waals surface area contributed by atoms with Gasteiger partial charge in [-0.2, -0.15) is 0 Å². The highest BCUT2D eigenvalue weighted by Crippen LogP contribution is 2.31. The molecular weight excluding hydrogens is 304 g/mol. The second-order valence-electron chi connectivity index (χ2n) is 4.17. The predicted molar refractivity (Wildman–Crippen MR) is 81.4 cm³/mol. The number of para-hydroxylation sites is 2. The second kappa shape index (κ2) is 7.19. The summed E-state index contributed by atoms with van der Waals surface area (Å²) in [5.74, 6) is 2.36. The molecule has 0 heterocycles. The van der Waals surface area contributed by atoms with Crippen LogP contribution in [0, 0.1) is 0 Å². The molecule has 0 aromatic heterocycles. The number of alkyl halides is 1. The van der Waals surface area contributed by atoms with E-state index >= 15 is 0 Å². The maximum Gasteiger partial charge on any atom is 0.169 e. The molecule has 0 saturated carbocycles. The molecule has 0 bridgehead atoms. The van der Waals surface area contributed by atoms with Crippen molar-refractivity contribution in [3.8, 4) is 17.2 Å². The van der Waals surface area contributed by atoms with Crippen molar-refractivity contribution < 1.29 is 9.47 Å². The van der Waals surface area contributed by atoms with Crippen LogP contribution < -0.4 is 9.47 Å². The topological polar surface area (TPSA) is 18.5 Å². The Hall–Kier alpha value is -1.48. The van der Waals surface area contributed by atoms with Crippen LogP contribution in [0.15, 0.2) is 48.5 Å². The summed E-state index contributed by atoms with van der Waals surface area (Å²) in [6.07, 6.45) is 0.980. The molecule has 3 heteroatoms. The molecule has 0 saturated heterocycles. The van der Waals surface area contributed by atoms with Crippen LogP contribution in [0.25, 0.3) is 0 Å². The molecule has 19 heavy (non-hydrogen) atoms. The Labute approximate surface area is 122 Å². The number of hydrogen-bond donors (Lipinski definition) is 0. The zero-order valence-corrected chi connectivity index (χ0v) is 12.5. The first-order valence-corrected chi connectivity index (χ1v) is 7.50. The summed E-state index contributed by atoms with van der Waals surface area (Å²) in [7, 11) is 0. The smallest absolute Gasteiger partial charge is 0.169 e. The molecule has 2 nitrogen and oxygen atoms in total. The second-order valence-corrected chi connectivity index (χ2v) is 4.74. The van der Waals surface area contributed by atoms with Gasteiger partial charge in [0.2, 0.25) is 0 Å². The van der Waals surface area contributed by atoms with Gasteiger partial charge in [0, 0.05) is 5.33 Å². The van der Waals surface area contributed by atoms with Gasteiger partial charge in [-0.15, -0.1) is 0 Å². The Bertz CT molecular complexity index is 508. The van der Waals surface area contributed by atoms with Crippen LogP contribution in [0.5, 0.6) is 17.2 Å². The van der Waals surface area contributed by atoms with Crippen LogP contribution in [-0.2, 0) is 5.33 Å². The van der Waals surface area contributed by atoms with E-state index in [1.807, 2.05) is 48.5 Å². The third-order valence-corrected chi connectivity index (χ3v) is 3.26. The van der Waals surface area contributed by atoms with Crippen LogP contribution in [0.1, 0.15) is 18.9 Å². The zero-order chi connectivity index (χ0) is 13.5. The van der Waals surface area contributed by atoms with E-state index in [1.54, 1.807) is 0 Å². The van der Waals surface area contributed by atoms with Gasteiger partial charge in [-0.25, -0.2) is 0 Å². The average molecular weight is 321 g/mol. The lowest BCUT2D eigenvalue weighted by Gasteiger charge is -2.12. The van der Waals surface area contributed by atoms with Gasteiger partial charge in [0.05, 0.1) is 6.61 Å². The summed E-state index contributed by atoms with van der Waals surface area (Å²) < 4.78 is 11.5. The normalized spacial score (nSPS) is 10.2. The third kappa shape index (κ3) is 4.00. The minimum absolute atomic E-state index is 0.697. The number of benzene rings is 2. The summed E-state index contributed by atoms with van der Waals surface area (Å²) in [4.78, 5) is 0. The lowest BCUT2D eigenvalue weighted by Crippen LogP contribution is -1.97. The minimum Gasteiger partial charge on any atom is -0.490 e. The van der Waals surface area contributed by atoms with Crippen LogP contribution in [0.4, 0.5) is 0 Å². The summed E-state index contributed by atoms with van der Waals surface area (Å²) >= 11 is 3.43. The fraction of sp³-hybridized carbons (Fsp3) is 0.250. The van der Waals surface area contributed by atoms with Crippen molar-refractivity contribution in [3.05, 3.63) is 54.1 Å². The van der Waals surface area contributed by atoms with Gasteiger partial charge in [-0.1, -0.05) is 47.1 Å². The Kier molecular flexibility index (Phi) is 5.28. The SMILES string of the molecule is CCCOc1ccccc1Oc1ccc(CBr)cc1. The largest absolute Gasteiger partial charge is 0.490 e. The molecule has 0 aliphatic rings. The molecule has 0 fully saturated rings. The molecule has 0 spiro atoms. The summed E-state index contributed by atoms with van der Waals surface area (Å²) in [6, 6.07) is 15.8. The van der Waals surface area contributed by atoms with E-state index in [1.165, 1.54) is 5.56 Å². The van der Waals surface area contributed by atoms with Crippen LogP contribution in [-0.4, -0.2) is 6.61 Å². The molecule has 0 radical (unpaired) electrons.